The second-order valence-electron chi connectivity index (χ2n) is 6.43. The minimum Gasteiger partial charge on any atom is -0.506 e. The molecule has 142 valence electrons. The van der Waals surface area contributed by atoms with Gasteiger partial charge in [-0.1, -0.05) is 36.4 Å². The molecule has 0 unspecified atom stereocenters. The van der Waals surface area contributed by atoms with Crippen LogP contribution in [-0.4, -0.2) is 16.3 Å². The molecule has 5 nitrogen and oxygen atoms in total. The van der Waals surface area contributed by atoms with Gasteiger partial charge in [-0.05, 0) is 41.5 Å². The van der Waals surface area contributed by atoms with Gasteiger partial charge in [0.25, 0.3) is 5.56 Å². The Balaban J connectivity index is 1.99. The van der Waals surface area contributed by atoms with Gasteiger partial charge in [0.1, 0.15) is 11.5 Å². The highest BCUT2D eigenvalue weighted by molar-refractivity contribution is 6.19. The van der Waals surface area contributed by atoms with Crippen LogP contribution in [0.3, 0.4) is 0 Å². The highest BCUT2D eigenvalue weighted by Crippen LogP contribution is 2.37. The molecule has 0 fully saturated rings. The zero-order valence-electron chi connectivity index (χ0n) is 15.4. The summed E-state index contributed by atoms with van der Waals surface area (Å²) in [6, 6.07) is 21.4. The van der Waals surface area contributed by atoms with Crippen LogP contribution in [0.15, 0.2) is 71.5 Å². The van der Waals surface area contributed by atoms with E-state index in [9.17, 15) is 9.90 Å². The predicted octanol–water partition coefficient (Wildman–Crippen LogP) is 4.92. The summed E-state index contributed by atoms with van der Waals surface area (Å²) in [7, 11) is 1.59. The summed E-state index contributed by atoms with van der Waals surface area (Å²) in [6.45, 7) is 0. The first-order chi connectivity index (χ1) is 14.0. The molecule has 0 bridgehead atoms. The van der Waals surface area contributed by atoms with E-state index in [2.05, 4.69) is 0 Å². The Bertz CT molecular complexity index is 1350. The molecule has 0 spiro atoms. The standard InChI is InChI=1S/C23H15ClN2O3/c1-29-20-8-3-2-7-17(20)15-5-4-6-16(12-15)21-22(27)18-11-14(13-25)9-10-19(18)26(24)23(21)28/h2-12,27H,1H3. The van der Waals surface area contributed by atoms with Crippen molar-refractivity contribution in [2.24, 2.45) is 0 Å². The third kappa shape index (κ3) is 3.10. The first kappa shape index (κ1) is 18.6. The van der Waals surface area contributed by atoms with Gasteiger partial charge < -0.3 is 9.84 Å². The Labute approximate surface area is 171 Å². The number of halogens is 1. The normalized spacial score (nSPS) is 10.7. The summed E-state index contributed by atoms with van der Waals surface area (Å²) in [5, 5.41) is 20.4. The van der Waals surface area contributed by atoms with Gasteiger partial charge in [-0.3, -0.25) is 4.79 Å². The molecule has 4 aromatic rings. The number of fused-ring (bicyclic) bond motifs is 1. The molecular weight excluding hydrogens is 388 g/mol. The third-order valence-corrected chi connectivity index (χ3v) is 5.13. The molecule has 1 aromatic heterocycles. The van der Waals surface area contributed by atoms with Crippen LogP contribution in [-0.2, 0) is 0 Å². The number of hydrogen-bond acceptors (Lipinski definition) is 4. The number of hydrogen-bond donors (Lipinski definition) is 1. The van der Waals surface area contributed by atoms with Gasteiger partial charge in [-0.15, -0.1) is 0 Å². The van der Waals surface area contributed by atoms with Crippen LogP contribution in [0.5, 0.6) is 11.5 Å². The molecule has 6 heteroatoms. The van der Waals surface area contributed by atoms with Crippen LogP contribution in [0.2, 0.25) is 0 Å². The maximum absolute atomic E-state index is 12.9. The van der Waals surface area contributed by atoms with Crippen molar-refractivity contribution in [3.63, 3.8) is 0 Å². The van der Waals surface area contributed by atoms with Crippen molar-refractivity contribution < 1.29 is 9.84 Å². The van der Waals surface area contributed by atoms with E-state index in [4.69, 9.17) is 21.8 Å². The first-order valence-corrected chi connectivity index (χ1v) is 9.10. The average Bonchev–Trinajstić information content (AvgIpc) is 2.77. The molecule has 0 atom stereocenters. The number of nitriles is 1. The van der Waals surface area contributed by atoms with Crippen LogP contribution < -0.4 is 10.3 Å². The molecule has 1 N–H and O–H groups in total. The van der Waals surface area contributed by atoms with Gasteiger partial charge >= 0.3 is 0 Å². The van der Waals surface area contributed by atoms with E-state index in [-0.39, 0.29) is 11.3 Å². The van der Waals surface area contributed by atoms with Gasteiger partial charge in [0, 0.05) is 22.7 Å². The fourth-order valence-electron chi connectivity index (χ4n) is 3.40. The zero-order valence-corrected chi connectivity index (χ0v) is 16.1. The van der Waals surface area contributed by atoms with E-state index >= 15 is 0 Å². The number of nitrogens with zero attached hydrogens (tertiary/aromatic N) is 2. The second kappa shape index (κ2) is 7.34. The van der Waals surface area contributed by atoms with E-state index in [1.165, 1.54) is 12.1 Å². The summed E-state index contributed by atoms with van der Waals surface area (Å²) in [5.74, 6) is 0.483. The van der Waals surface area contributed by atoms with Crippen LogP contribution in [0.25, 0.3) is 33.2 Å². The topological polar surface area (TPSA) is 75.2 Å². The van der Waals surface area contributed by atoms with Crippen molar-refractivity contribution in [1.29, 1.82) is 5.26 Å². The molecule has 0 amide bonds. The van der Waals surface area contributed by atoms with Crippen molar-refractivity contribution in [3.05, 3.63) is 82.6 Å². The first-order valence-electron chi connectivity index (χ1n) is 8.77. The van der Waals surface area contributed by atoms with Gasteiger partial charge in [0.2, 0.25) is 0 Å². The van der Waals surface area contributed by atoms with Gasteiger partial charge in [0.15, 0.2) is 0 Å². The average molecular weight is 403 g/mol. The molecule has 0 radical (unpaired) electrons. The number of pyridine rings is 1. The van der Waals surface area contributed by atoms with Crippen molar-refractivity contribution in [2.45, 2.75) is 0 Å². The summed E-state index contributed by atoms with van der Waals surface area (Å²) in [6.07, 6.45) is 0. The Morgan fingerprint density at radius 1 is 1.03 bits per heavy atom. The summed E-state index contributed by atoms with van der Waals surface area (Å²) >= 11 is 6.24. The largest absolute Gasteiger partial charge is 0.506 e. The summed E-state index contributed by atoms with van der Waals surface area (Å²) in [4.78, 5) is 12.9. The molecule has 0 aliphatic carbocycles. The number of benzene rings is 3. The minimum atomic E-state index is -0.543. The van der Waals surface area contributed by atoms with Crippen molar-refractivity contribution in [3.8, 4) is 39.8 Å². The molecule has 0 aliphatic rings. The van der Waals surface area contributed by atoms with Crippen LogP contribution in [0, 0.1) is 11.3 Å². The predicted molar refractivity (Wildman–Crippen MR) is 113 cm³/mol. The van der Waals surface area contributed by atoms with E-state index in [0.717, 1.165) is 15.2 Å². The lowest BCUT2D eigenvalue weighted by atomic mass is 9.97. The van der Waals surface area contributed by atoms with Crippen molar-refractivity contribution >= 4 is 22.7 Å². The smallest absolute Gasteiger partial charge is 0.277 e. The SMILES string of the molecule is COc1ccccc1-c1cccc(-c2c(O)c3cc(C#N)ccc3n(Cl)c2=O)c1. The van der Waals surface area contributed by atoms with Gasteiger partial charge in [-0.2, -0.15) is 5.26 Å². The summed E-state index contributed by atoms with van der Waals surface area (Å²) in [5.41, 5.74) is 2.41. The lowest BCUT2D eigenvalue weighted by Gasteiger charge is -2.13. The molecule has 0 aliphatic heterocycles. The third-order valence-electron chi connectivity index (χ3n) is 4.79. The Kier molecular flexibility index (Phi) is 4.71. The van der Waals surface area contributed by atoms with Crippen molar-refractivity contribution in [1.82, 2.24) is 4.09 Å². The number of rotatable bonds is 3. The van der Waals surface area contributed by atoms with Crippen LogP contribution in [0.1, 0.15) is 5.56 Å². The minimum absolute atomic E-state index is 0.0688. The molecular formula is C23H15ClN2O3. The zero-order chi connectivity index (χ0) is 20.5. The molecule has 29 heavy (non-hydrogen) atoms. The Morgan fingerprint density at radius 3 is 2.55 bits per heavy atom. The molecule has 3 aromatic carbocycles. The lowest BCUT2D eigenvalue weighted by molar-refractivity contribution is 0.416. The lowest BCUT2D eigenvalue weighted by Crippen LogP contribution is -2.16. The summed E-state index contributed by atoms with van der Waals surface area (Å²) < 4.78 is 6.39. The maximum Gasteiger partial charge on any atom is 0.277 e. The van der Waals surface area contributed by atoms with Crippen LogP contribution in [0.4, 0.5) is 0 Å². The van der Waals surface area contributed by atoms with E-state index in [0.29, 0.717) is 27.8 Å². The molecule has 0 saturated heterocycles. The molecule has 0 saturated carbocycles. The quantitative estimate of drug-likeness (QED) is 0.527. The van der Waals surface area contributed by atoms with E-state index in [1.54, 1.807) is 31.4 Å². The van der Waals surface area contributed by atoms with Crippen molar-refractivity contribution in [2.75, 3.05) is 7.11 Å². The van der Waals surface area contributed by atoms with E-state index in [1.807, 2.05) is 36.4 Å². The van der Waals surface area contributed by atoms with E-state index < -0.39 is 5.56 Å². The Hall–Kier alpha value is -3.75. The fraction of sp³-hybridized carbons (Fsp3) is 0.0435. The van der Waals surface area contributed by atoms with Gasteiger partial charge in [0.05, 0.1) is 29.8 Å². The number of ether oxygens (including phenoxy) is 1. The molecule has 4 rings (SSSR count). The number of aromatic nitrogens is 1. The number of aromatic hydroxyl groups is 1. The maximum atomic E-state index is 12.9. The number of methoxy groups -OCH3 is 1. The highest BCUT2D eigenvalue weighted by Gasteiger charge is 2.18. The van der Waals surface area contributed by atoms with Crippen LogP contribution >= 0.6 is 11.8 Å². The highest BCUT2D eigenvalue weighted by atomic mass is 35.5. The van der Waals surface area contributed by atoms with Gasteiger partial charge in [-0.25, -0.2) is 4.09 Å². The second-order valence-corrected chi connectivity index (χ2v) is 6.77. The number of para-hydroxylation sites is 1. The molecule has 1 heterocycles. The Morgan fingerprint density at radius 2 is 1.79 bits per heavy atom. The monoisotopic (exact) mass is 402 g/mol. The fourth-order valence-corrected chi connectivity index (χ4v) is 3.63.